The van der Waals surface area contributed by atoms with E-state index in [1.807, 2.05) is 6.92 Å². The van der Waals surface area contributed by atoms with E-state index in [1.165, 1.54) is 12.1 Å². The van der Waals surface area contributed by atoms with Crippen molar-refractivity contribution < 1.29 is 9.66 Å². The highest BCUT2D eigenvalue weighted by Crippen LogP contribution is 2.23. The largest absolute Gasteiger partial charge is 0.398 e. The van der Waals surface area contributed by atoms with Gasteiger partial charge >= 0.3 is 0 Å². The Balaban J connectivity index is 2.73. The van der Waals surface area contributed by atoms with Gasteiger partial charge in [0.1, 0.15) is 0 Å². The van der Waals surface area contributed by atoms with Crippen molar-refractivity contribution in [3.05, 3.63) is 28.3 Å². The lowest BCUT2D eigenvalue weighted by molar-refractivity contribution is -0.384. The monoisotopic (exact) mass is 239 g/mol. The van der Waals surface area contributed by atoms with Crippen molar-refractivity contribution in [2.75, 3.05) is 24.8 Å². The van der Waals surface area contributed by atoms with Crippen LogP contribution in [0.1, 0.15) is 13.3 Å². The molecule has 0 aliphatic heterocycles. The minimum Gasteiger partial charge on any atom is -0.398 e. The lowest BCUT2D eigenvalue weighted by Crippen LogP contribution is -2.17. The van der Waals surface area contributed by atoms with E-state index in [4.69, 9.17) is 10.5 Å². The fourth-order valence-corrected chi connectivity index (χ4v) is 1.47. The zero-order chi connectivity index (χ0) is 12.8. The average Bonchev–Trinajstić information content (AvgIpc) is 2.25. The average molecular weight is 239 g/mol. The number of hydrogen-bond acceptors (Lipinski definition) is 5. The number of nitrogen functional groups attached to an aromatic ring is 1. The molecule has 1 atom stereocenters. The number of hydrogen-bond donors (Lipinski definition) is 2. The number of nitro groups is 1. The topological polar surface area (TPSA) is 90.4 Å². The molecule has 0 radical (unpaired) electrons. The van der Waals surface area contributed by atoms with Gasteiger partial charge in [0.15, 0.2) is 0 Å². The van der Waals surface area contributed by atoms with E-state index in [2.05, 4.69) is 5.32 Å². The number of nitro benzene ring substituents is 1. The number of methoxy groups -OCH3 is 1. The van der Waals surface area contributed by atoms with E-state index in [0.29, 0.717) is 18.0 Å². The first-order chi connectivity index (χ1) is 8.02. The van der Waals surface area contributed by atoms with Crippen LogP contribution >= 0.6 is 0 Å². The summed E-state index contributed by atoms with van der Waals surface area (Å²) in [5.74, 6) is 0. The molecule has 0 aliphatic carbocycles. The molecule has 94 valence electrons. The van der Waals surface area contributed by atoms with E-state index in [0.717, 1.165) is 6.42 Å². The molecule has 0 heterocycles. The number of nitrogens with two attached hydrogens (primary N) is 1. The van der Waals surface area contributed by atoms with Gasteiger partial charge < -0.3 is 15.8 Å². The molecule has 6 heteroatoms. The molecule has 0 spiro atoms. The zero-order valence-electron chi connectivity index (χ0n) is 9.97. The van der Waals surface area contributed by atoms with Crippen LogP contribution in [0.2, 0.25) is 0 Å². The molecule has 3 N–H and O–H groups in total. The molecule has 0 amide bonds. The van der Waals surface area contributed by atoms with Gasteiger partial charge in [0.05, 0.1) is 4.92 Å². The van der Waals surface area contributed by atoms with E-state index in [-0.39, 0.29) is 11.7 Å². The van der Waals surface area contributed by atoms with Gasteiger partial charge in [0.25, 0.3) is 5.69 Å². The Labute approximate surface area is 99.9 Å². The molecule has 6 nitrogen and oxygen atoms in total. The maximum absolute atomic E-state index is 10.7. The number of anilines is 2. The Kier molecular flexibility index (Phi) is 4.71. The van der Waals surface area contributed by atoms with Gasteiger partial charge in [-0.3, -0.25) is 10.1 Å². The van der Waals surface area contributed by atoms with Crippen molar-refractivity contribution in [2.24, 2.45) is 0 Å². The Hall–Kier alpha value is -1.82. The number of rotatable bonds is 6. The van der Waals surface area contributed by atoms with E-state index >= 15 is 0 Å². The lowest BCUT2D eigenvalue weighted by atomic mass is 10.2. The van der Waals surface area contributed by atoms with E-state index in [1.54, 1.807) is 13.2 Å². The van der Waals surface area contributed by atoms with Crippen molar-refractivity contribution in [1.82, 2.24) is 0 Å². The molecule has 0 aliphatic rings. The van der Waals surface area contributed by atoms with Gasteiger partial charge in [-0.05, 0) is 19.4 Å². The van der Waals surface area contributed by atoms with Crippen LogP contribution in [0, 0.1) is 10.1 Å². The molecular formula is C11H17N3O3. The number of non-ortho nitro benzene ring substituents is 1. The molecule has 0 saturated heterocycles. The second-order valence-corrected chi connectivity index (χ2v) is 3.90. The minimum atomic E-state index is -0.457. The molecule has 17 heavy (non-hydrogen) atoms. The van der Waals surface area contributed by atoms with E-state index in [9.17, 15) is 10.1 Å². The quantitative estimate of drug-likeness (QED) is 0.450. The third-order valence-corrected chi connectivity index (χ3v) is 2.32. The summed E-state index contributed by atoms with van der Waals surface area (Å²) in [5.41, 5.74) is 6.62. The van der Waals surface area contributed by atoms with Gasteiger partial charge in [-0.2, -0.15) is 0 Å². The molecule has 1 unspecified atom stereocenters. The van der Waals surface area contributed by atoms with Crippen LogP contribution < -0.4 is 11.1 Å². The van der Waals surface area contributed by atoms with Crippen molar-refractivity contribution in [2.45, 2.75) is 19.4 Å². The van der Waals surface area contributed by atoms with Crippen molar-refractivity contribution in [1.29, 1.82) is 0 Å². The summed E-state index contributed by atoms with van der Waals surface area (Å²) in [7, 11) is 1.64. The Morgan fingerprint density at radius 2 is 2.24 bits per heavy atom. The summed E-state index contributed by atoms with van der Waals surface area (Å²) in [6.07, 6.45) is 0.819. The second-order valence-electron chi connectivity index (χ2n) is 3.90. The van der Waals surface area contributed by atoms with Gasteiger partial charge in [0, 0.05) is 43.3 Å². The summed E-state index contributed by atoms with van der Waals surface area (Å²) >= 11 is 0. The number of benzene rings is 1. The highest BCUT2D eigenvalue weighted by molar-refractivity contribution is 5.61. The minimum absolute atomic E-state index is 0.00792. The third kappa shape index (κ3) is 4.28. The van der Waals surface area contributed by atoms with Crippen LogP contribution in [-0.2, 0) is 4.74 Å². The maximum Gasteiger partial charge on any atom is 0.273 e. The Morgan fingerprint density at radius 1 is 1.53 bits per heavy atom. The SMILES string of the molecule is COCCC(C)Nc1cc(N)cc([N+](=O)[O-])c1. The Bertz CT molecular complexity index is 396. The van der Waals surface area contributed by atoms with Crippen LogP contribution in [0.5, 0.6) is 0 Å². The predicted octanol–water partition coefficient (Wildman–Crippen LogP) is 2.01. The number of nitrogens with one attached hydrogen (secondary N) is 1. The van der Waals surface area contributed by atoms with E-state index < -0.39 is 4.92 Å². The van der Waals surface area contributed by atoms with Gasteiger partial charge in [-0.15, -0.1) is 0 Å². The molecule has 0 aromatic heterocycles. The lowest BCUT2D eigenvalue weighted by Gasteiger charge is -2.14. The van der Waals surface area contributed by atoms with Gasteiger partial charge in [-0.1, -0.05) is 0 Å². The molecule has 1 rings (SSSR count). The predicted molar refractivity (Wildman–Crippen MR) is 67.1 cm³/mol. The first-order valence-corrected chi connectivity index (χ1v) is 5.33. The van der Waals surface area contributed by atoms with Crippen molar-refractivity contribution in [3.8, 4) is 0 Å². The summed E-state index contributed by atoms with van der Waals surface area (Å²) in [5, 5.41) is 13.8. The van der Waals surface area contributed by atoms with Crippen molar-refractivity contribution >= 4 is 17.1 Å². The van der Waals surface area contributed by atoms with Crippen molar-refractivity contribution in [3.63, 3.8) is 0 Å². The second kappa shape index (κ2) is 6.05. The molecular weight excluding hydrogens is 222 g/mol. The number of ether oxygens (including phenoxy) is 1. The number of nitrogens with zero attached hydrogens (tertiary/aromatic N) is 1. The van der Waals surface area contributed by atoms with Crippen LogP contribution in [0.25, 0.3) is 0 Å². The summed E-state index contributed by atoms with van der Waals surface area (Å²) in [6.45, 7) is 2.62. The zero-order valence-corrected chi connectivity index (χ0v) is 9.97. The summed E-state index contributed by atoms with van der Waals surface area (Å²) in [6, 6.07) is 4.65. The molecule has 0 bridgehead atoms. The third-order valence-electron chi connectivity index (χ3n) is 2.32. The molecule has 1 aromatic rings. The first kappa shape index (κ1) is 13.2. The Morgan fingerprint density at radius 3 is 2.82 bits per heavy atom. The fourth-order valence-electron chi connectivity index (χ4n) is 1.47. The van der Waals surface area contributed by atoms with Crippen LogP contribution in [0.4, 0.5) is 17.1 Å². The van der Waals surface area contributed by atoms with Crippen LogP contribution in [0.15, 0.2) is 18.2 Å². The fraction of sp³-hybridized carbons (Fsp3) is 0.455. The van der Waals surface area contributed by atoms with Gasteiger partial charge in [0.2, 0.25) is 0 Å². The highest BCUT2D eigenvalue weighted by Gasteiger charge is 2.10. The van der Waals surface area contributed by atoms with Gasteiger partial charge in [-0.25, -0.2) is 0 Å². The maximum atomic E-state index is 10.7. The molecule has 0 saturated carbocycles. The summed E-state index contributed by atoms with van der Waals surface area (Å²) in [4.78, 5) is 10.2. The van der Waals surface area contributed by atoms with Crippen LogP contribution in [-0.4, -0.2) is 24.7 Å². The highest BCUT2D eigenvalue weighted by atomic mass is 16.6. The normalized spacial score (nSPS) is 12.1. The molecule has 1 aromatic carbocycles. The molecule has 0 fully saturated rings. The first-order valence-electron chi connectivity index (χ1n) is 5.33. The summed E-state index contributed by atoms with van der Waals surface area (Å²) < 4.78 is 4.96. The smallest absolute Gasteiger partial charge is 0.273 e. The standard InChI is InChI=1S/C11H17N3O3/c1-8(3-4-17-2)13-10-5-9(12)6-11(7-10)14(15)16/h5-8,13H,3-4,12H2,1-2H3. The van der Waals surface area contributed by atoms with Crippen LogP contribution in [0.3, 0.4) is 0 Å².